The van der Waals surface area contributed by atoms with Gasteiger partial charge in [0.05, 0.1) is 0 Å². The first kappa shape index (κ1) is 23.4. The number of carbonyl (C=O) groups is 3. The van der Waals surface area contributed by atoms with Crippen LogP contribution in [0.15, 0.2) is 48.5 Å². The number of carboxylic acids is 1. The summed E-state index contributed by atoms with van der Waals surface area (Å²) in [5.41, 5.74) is 3.46. The summed E-state index contributed by atoms with van der Waals surface area (Å²) in [5.74, 6) is -1.16. The Balaban J connectivity index is 1.07. The first-order valence-electron chi connectivity index (χ1n) is 12.2. The number of ether oxygens (including phenoxy) is 2. The van der Waals surface area contributed by atoms with Gasteiger partial charge in [0, 0.05) is 44.4 Å². The molecule has 2 fully saturated rings. The second-order valence-electron chi connectivity index (χ2n) is 9.76. The third kappa shape index (κ3) is 4.75. The Labute approximate surface area is 204 Å². The SMILES string of the molecule is O=C(CC1CC(NC(=O)OCC2c3ccccc3-c3ccccc32)C1)NC1(C(=O)O)CCOCC1. The highest BCUT2D eigenvalue weighted by molar-refractivity contribution is 5.87. The zero-order valence-electron chi connectivity index (χ0n) is 19.5. The van der Waals surface area contributed by atoms with Gasteiger partial charge in [-0.2, -0.15) is 0 Å². The Morgan fingerprint density at radius 2 is 1.57 bits per heavy atom. The van der Waals surface area contributed by atoms with Crippen LogP contribution in [-0.4, -0.2) is 54.5 Å². The molecule has 184 valence electrons. The zero-order chi connectivity index (χ0) is 24.4. The summed E-state index contributed by atoms with van der Waals surface area (Å²) in [7, 11) is 0. The molecule has 1 aliphatic heterocycles. The third-order valence-electron chi connectivity index (χ3n) is 7.51. The number of rotatable bonds is 7. The van der Waals surface area contributed by atoms with Gasteiger partial charge in [-0.15, -0.1) is 0 Å². The first-order valence-corrected chi connectivity index (χ1v) is 12.2. The van der Waals surface area contributed by atoms with Crippen LogP contribution < -0.4 is 10.6 Å². The van der Waals surface area contributed by atoms with Gasteiger partial charge in [0.1, 0.15) is 12.1 Å². The molecule has 2 aliphatic carbocycles. The van der Waals surface area contributed by atoms with Crippen LogP contribution >= 0.6 is 0 Å². The molecule has 0 aromatic heterocycles. The van der Waals surface area contributed by atoms with E-state index >= 15 is 0 Å². The van der Waals surface area contributed by atoms with Crippen LogP contribution in [0.5, 0.6) is 0 Å². The number of aliphatic carboxylic acids is 1. The first-order chi connectivity index (χ1) is 16.9. The van der Waals surface area contributed by atoms with Gasteiger partial charge in [-0.25, -0.2) is 9.59 Å². The van der Waals surface area contributed by atoms with Crippen molar-refractivity contribution in [2.45, 2.75) is 49.6 Å². The number of carbonyl (C=O) groups excluding carboxylic acids is 2. The van der Waals surface area contributed by atoms with Crippen molar-refractivity contribution in [1.82, 2.24) is 10.6 Å². The highest BCUT2D eigenvalue weighted by atomic mass is 16.5. The fourth-order valence-electron chi connectivity index (χ4n) is 5.52. The fourth-order valence-corrected chi connectivity index (χ4v) is 5.52. The Morgan fingerprint density at radius 1 is 0.971 bits per heavy atom. The molecule has 3 N–H and O–H groups in total. The Hall–Kier alpha value is -3.39. The van der Waals surface area contributed by atoms with Gasteiger partial charge in [0.2, 0.25) is 5.91 Å². The molecular weight excluding hydrogens is 448 g/mol. The number of amides is 2. The number of hydrogen-bond donors (Lipinski definition) is 3. The quantitative estimate of drug-likeness (QED) is 0.562. The molecular formula is C27H30N2O6. The van der Waals surface area contributed by atoms with Gasteiger partial charge >= 0.3 is 12.1 Å². The van der Waals surface area contributed by atoms with Crippen molar-refractivity contribution in [1.29, 1.82) is 0 Å². The lowest BCUT2D eigenvalue weighted by atomic mass is 9.78. The Bertz CT molecular complexity index is 1070. The average Bonchev–Trinajstić information content (AvgIpc) is 3.15. The average molecular weight is 479 g/mol. The summed E-state index contributed by atoms with van der Waals surface area (Å²) in [5, 5.41) is 15.2. The van der Waals surface area contributed by atoms with Gasteiger partial charge in [-0.05, 0) is 41.0 Å². The highest BCUT2D eigenvalue weighted by Crippen LogP contribution is 2.44. The van der Waals surface area contributed by atoms with E-state index in [9.17, 15) is 19.5 Å². The van der Waals surface area contributed by atoms with Crippen LogP contribution in [0.1, 0.15) is 49.1 Å². The van der Waals surface area contributed by atoms with Crippen molar-refractivity contribution >= 4 is 18.0 Å². The topological polar surface area (TPSA) is 114 Å². The summed E-state index contributed by atoms with van der Waals surface area (Å²) in [6, 6.07) is 16.4. The van der Waals surface area contributed by atoms with E-state index in [4.69, 9.17) is 9.47 Å². The molecule has 8 nitrogen and oxygen atoms in total. The monoisotopic (exact) mass is 478 g/mol. The lowest BCUT2D eigenvalue weighted by Gasteiger charge is -2.37. The van der Waals surface area contributed by atoms with Gasteiger partial charge in [-0.1, -0.05) is 48.5 Å². The molecule has 35 heavy (non-hydrogen) atoms. The summed E-state index contributed by atoms with van der Waals surface area (Å²) in [4.78, 5) is 36.6. The van der Waals surface area contributed by atoms with E-state index in [2.05, 4.69) is 34.9 Å². The molecule has 0 spiro atoms. The number of carboxylic acid groups (broad SMARTS) is 1. The minimum absolute atomic E-state index is 0.0118. The maximum absolute atomic E-state index is 12.5. The van der Waals surface area contributed by atoms with Crippen LogP contribution in [0.3, 0.4) is 0 Å². The van der Waals surface area contributed by atoms with E-state index < -0.39 is 17.6 Å². The lowest BCUT2D eigenvalue weighted by Crippen LogP contribution is -2.58. The van der Waals surface area contributed by atoms with Crippen molar-refractivity contribution in [3.63, 3.8) is 0 Å². The number of hydrogen-bond acceptors (Lipinski definition) is 5. The smallest absolute Gasteiger partial charge is 0.407 e. The van der Waals surface area contributed by atoms with Crippen molar-refractivity contribution in [3.05, 3.63) is 59.7 Å². The molecule has 0 bridgehead atoms. The van der Waals surface area contributed by atoms with Crippen molar-refractivity contribution in [3.8, 4) is 11.1 Å². The molecule has 2 aromatic rings. The van der Waals surface area contributed by atoms with Crippen LogP contribution in [0.25, 0.3) is 11.1 Å². The van der Waals surface area contributed by atoms with E-state index in [-0.39, 0.29) is 49.7 Å². The Morgan fingerprint density at radius 3 is 2.17 bits per heavy atom. The van der Waals surface area contributed by atoms with E-state index in [1.165, 1.54) is 22.3 Å². The largest absolute Gasteiger partial charge is 0.480 e. The van der Waals surface area contributed by atoms with E-state index in [0.29, 0.717) is 26.1 Å². The second kappa shape index (κ2) is 9.70. The molecule has 2 amide bonds. The third-order valence-corrected chi connectivity index (χ3v) is 7.51. The predicted octanol–water partition coefficient (Wildman–Crippen LogP) is 3.44. The summed E-state index contributed by atoms with van der Waals surface area (Å²) < 4.78 is 10.8. The lowest BCUT2D eigenvalue weighted by molar-refractivity contribution is -0.152. The highest BCUT2D eigenvalue weighted by Gasteiger charge is 2.42. The Kier molecular flexibility index (Phi) is 6.47. The number of alkyl carbamates (subject to hydrolysis) is 1. The van der Waals surface area contributed by atoms with Crippen molar-refractivity contribution in [2.24, 2.45) is 5.92 Å². The predicted molar refractivity (Wildman–Crippen MR) is 128 cm³/mol. The second-order valence-corrected chi connectivity index (χ2v) is 9.76. The maximum Gasteiger partial charge on any atom is 0.407 e. The van der Waals surface area contributed by atoms with E-state index in [0.717, 1.165) is 0 Å². The summed E-state index contributed by atoms with van der Waals surface area (Å²) in [6.07, 6.45) is 1.67. The van der Waals surface area contributed by atoms with Crippen LogP contribution in [-0.2, 0) is 19.1 Å². The number of benzene rings is 2. The van der Waals surface area contributed by atoms with Gasteiger partial charge in [0.25, 0.3) is 0 Å². The number of nitrogens with one attached hydrogen (secondary N) is 2. The van der Waals surface area contributed by atoms with Gasteiger partial charge in [0.15, 0.2) is 0 Å². The van der Waals surface area contributed by atoms with Gasteiger partial charge < -0.3 is 25.2 Å². The van der Waals surface area contributed by atoms with Crippen LogP contribution in [0.2, 0.25) is 0 Å². The van der Waals surface area contributed by atoms with Crippen molar-refractivity contribution < 1.29 is 29.0 Å². The van der Waals surface area contributed by atoms with Crippen molar-refractivity contribution in [2.75, 3.05) is 19.8 Å². The minimum atomic E-state index is -1.24. The normalized spacial score (nSPS) is 22.3. The van der Waals surface area contributed by atoms with Crippen LogP contribution in [0.4, 0.5) is 4.79 Å². The maximum atomic E-state index is 12.5. The molecule has 0 atom stereocenters. The molecule has 8 heteroatoms. The molecule has 1 saturated carbocycles. The van der Waals surface area contributed by atoms with Crippen LogP contribution in [0, 0.1) is 5.92 Å². The number of fused-ring (bicyclic) bond motifs is 3. The summed E-state index contributed by atoms with van der Waals surface area (Å²) >= 11 is 0. The van der Waals surface area contributed by atoms with E-state index in [1.807, 2.05) is 24.3 Å². The standard InChI is InChI=1S/C27H30N2O6/c30-24(29-27(25(31)32)9-11-34-12-10-27)15-17-13-18(14-17)28-26(33)35-16-23-21-7-3-1-5-19(21)20-6-2-4-8-22(20)23/h1-8,17-18,23H,9-16H2,(H,28,33)(H,29,30)(H,31,32). The van der Waals surface area contributed by atoms with E-state index in [1.54, 1.807) is 0 Å². The zero-order valence-corrected chi connectivity index (χ0v) is 19.5. The molecule has 5 rings (SSSR count). The molecule has 3 aliphatic rings. The molecule has 2 aromatic carbocycles. The fraction of sp³-hybridized carbons (Fsp3) is 0.444. The molecule has 1 heterocycles. The molecule has 1 saturated heterocycles. The van der Waals surface area contributed by atoms with Gasteiger partial charge in [-0.3, -0.25) is 4.79 Å². The minimum Gasteiger partial charge on any atom is -0.480 e. The molecule has 0 unspecified atom stereocenters. The summed E-state index contributed by atoms with van der Waals surface area (Å²) in [6.45, 7) is 0.906. The molecule has 0 radical (unpaired) electrons.